The highest BCUT2D eigenvalue weighted by molar-refractivity contribution is 7.10. The highest BCUT2D eigenvalue weighted by atomic mass is 32.1. The summed E-state index contributed by atoms with van der Waals surface area (Å²) >= 11 is 1.73. The standard InChI is InChI=1S/C9H11NOS/c1-9(5-8(11)10-6-9)7-3-2-4-12-7/h2-4H,5-6H2,1H3,(H,10,11). The number of nitrogens with one attached hydrogen (secondary N) is 1. The zero-order chi connectivity index (χ0) is 8.60. The SMILES string of the molecule is CC1(c2cccs2)CNC(=O)C1. The van der Waals surface area contributed by atoms with Crippen LogP contribution in [-0.2, 0) is 10.2 Å². The van der Waals surface area contributed by atoms with Gasteiger partial charge in [0.2, 0.25) is 5.91 Å². The third-order valence-electron chi connectivity index (χ3n) is 2.34. The number of carbonyl (C=O) groups is 1. The van der Waals surface area contributed by atoms with E-state index in [1.807, 2.05) is 6.07 Å². The summed E-state index contributed by atoms with van der Waals surface area (Å²) in [6.45, 7) is 2.92. The third kappa shape index (κ3) is 1.14. The second kappa shape index (κ2) is 2.59. The highest BCUT2D eigenvalue weighted by Gasteiger charge is 2.35. The Morgan fingerprint density at radius 2 is 2.50 bits per heavy atom. The molecule has 0 spiro atoms. The van der Waals surface area contributed by atoms with Gasteiger partial charge in [0.15, 0.2) is 0 Å². The van der Waals surface area contributed by atoms with Gasteiger partial charge in [-0.15, -0.1) is 11.3 Å². The fourth-order valence-corrected chi connectivity index (χ4v) is 2.46. The zero-order valence-electron chi connectivity index (χ0n) is 6.96. The van der Waals surface area contributed by atoms with E-state index in [1.54, 1.807) is 11.3 Å². The molecule has 1 aliphatic heterocycles. The number of hydrogen-bond acceptors (Lipinski definition) is 2. The topological polar surface area (TPSA) is 29.1 Å². The predicted molar refractivity (Wildman–Crippen MR) is 49.3 cm³/mol. The van der Waals surface area contributed by atoms with Gasteiger partial charge in [-0.05, 0) is 11.4 Å². The molecule has 1 aromatic heterocycles. The fourth-order valence-electron chi connectivity index (χ4n) is 1.57. The van der Waals surface area contributed by atoms with Crippen molar-refractivity contribution in [1.82, 2.24) is 5.32 Å². The average molecular weight is 181 g/mol. The van der Waals surface area contributed by atoms with Crippen LogP contribution >= 0.6 is 11.3 Å². The summed E-state index contributed by atoms with van der Waals surface area (Å²) in [5.74, 6) is 0.172. The first kappa shape index (κ1) is 7.80. The van der Waals surface area contributed by atoms with Crippen LogP contribution in [0.25, 0.3) is 0 Å². The lowest BCUT2D eigenvalue weighted by molar-refractivity contribution is -0.119. The Kier molecular flexibility index (Phi) is 1.68. The van der Waals surface area contributed by atoms with Crippen LogP contribution in [0.2, 0.25) is 0 Å². The second-order valence-electron chi connectivity index (χ2n) is 3.49. The van der Waals surface area contributed by atoms with Crippen molar-refractivity contribution in [3.8, 4) is 0 Å². The average Bonchev–Trinajstić information content (AvgIpc) is 2.59. The van der Waals surface area contributed by atoms with E-state index in [2.05, 4.69) is 23.7 Å². The van der Waals surface area contributed by atoms with E-state index in [0.29, 0.717) is 6.42 Å². The number of hydrogen-bond donors (Lipinski definition) is 1. The van der Waals surface area contributed by atoms with Crippen molar-refractivity contribution < 1.29 is 4.79 Å². The van der Waals surface area contributed by atoms with Crippen LogP contribution < -0.4 is 5.32 Å². The van der Waals surface area contributed by atoms with Crippen LogP contribution in [0.3, 0.4) is 0 Å². The summed E-state index contributed by atoms with van der Waals surface area (Å²) in [6.07, 6.45) is 0.632. The lowest BCUT2D eigenvalue weighted by Gasteiger charge is -2.18. The Morgan fingerprint density at radius 1 is 1.67 bits per heavy atom. The molecule has 1 unspecified atom stereocenters. The molecular formula is C9H11NOS. The summed E-state index contributed by atoms with van der Waals surface area (Å²) in [5, 5.41) is 4.93. The van der Waals surface area contributed by atoms with Gasteiger partial charge in [-0.25, -0.2) is 0 Å². The van der Waals surface area contributed by atoms with Crippen molar-refractivity contribution in [3.05, 3.63) is 22.4 Å². The van der Waals surface area contributed by atoms with Crippen LogP contribution in [-0.4, -0.2) is 12.5 Å². The van der Waals surface area contributed by atoms with Crippen molar-refractivity contribution in [2.24, 2.45) is 0 Å². The molecule has 1 aliphatic rings. The molecule has 2 rings (SSSR count). The van der Waals surface area contributed by atoms with Gasteiger partial charge in [-0.2, -0.15) is 0 Å². The lowest BCUT2D eigenvalue weighted by Crippen LogP contribution is -2.23. The summed E-state index contributed by atoms with van der Waals surface area (Å²) in [4.78, 5) is 12.4. The van der Waals surface area contributed by atoms with E-state index in [1.165, 1.54) is 4.88 Å². The number of rotatable bonds is 1. The molecule has 1 N–H and O–H groups in total. The van der Waals surface area contributed by atoms with Crippen LogP contribution in [0.5, 0.6) is 0 Å². The van der Waals surface area contributed by atoms with Gasteiger partial charge in [0.05, 0.1) is 0 Å². The Bertz CT molecular complexity index is 293. The number of amides is 1. The second-order valence-corrected chi connectivity index (χ2v) is 4.44. The molecule has 2 nitrogen and oxygen atoms in total. The molecule has 0 saturated carbocycles. The molecule has 1 fully saturated rings. The van der Waals surface area contributed by atoms with E-state index in [4.69, 9.17) is 0 Å². The molecule has 0 bridgehead atoms. The predicted octanol–water partition coefficient (Wildman–Crippen LogP) is 1.53. The van der Waals surface area contributed by atoms with Gasteiger partial charge >= 0.3 is 0 Å². The largest absolute Gasteiger partial charge is 0.355 e. The monoisotopic (exact) mass is 181 g/mol. The van der Waals surface area contributed by atoms with Crippen molar-refractivity contribution in [1.29, 1.82) is 0 Å². The van der Waals surface area contributed by atoms with Crippen LogP contribution in [0.1, 0.15) is 18.2 Å². The highest BCUT2D eigenvalue weighted by Crippen LogP contribution is 2.33. The van der Waals surface area contributed by atoms with Gasteiger partial charge in [0.1, 0.15) is 0 Å². The van der Waals surface area contributed by atoms with E-state index < -0.39 is 0 Å². The van der Waals surface area contributed by atoms with Crippen LogP contribution in [0.15, 0.2) is 17.5 Å². The molecular weight excluding hydrogens is 170 g/mol. The van der Waals surface area contributed by atoms with Gasteiger partial charge in [0.25, 0.3) is 0 Å². The fraction of sp³-hybridized carbons (Fsp3) is 0.444. The first-order valence-electron chi connectivity index (χ1n) is 4.01. The molecule has 0 aliphatic carbocycles. The Hall–Kier alpha value is -0.830. The molecule has 12 heavy (non-hydrogen) atoms. The summed E-state index contributed by atoms with van der Waals surface area (Å²) in [7, 11) is 0. The van der Waals surface area contributed by atoms with E-state index in [9.17, 15) is 4.79 Å². The first-order chi connectivity index (χ1) is 5.71. The Morgan fingerprint density at radius 3 is 3.00 bits per heavy atom. The maximum atomic E-state index is 11.0. The molecule has 1 atom stereocenters. The van der Waals surface area contributed by atoms with Gasteiger partial charge in [-0.1, -0.05) is 13.0 Å². The van der Waals surface area contributed by atoms with Gasteiger partial charge < -0.3 is 5.32 Å². The first-order valence-corrected chi connectivity index (χ1v) is 4.89. The molecule has 64 valence electrons. The normalized spacial score (nSPS) is 28.9. The molecule has 1 saturated heterocycles. The molecule has 1 amide bonds. The van der Waals surface area contributed by atoms with Crippen molar-refractivity contribution in [2.45, 2.75) is 18.8 Å². The third-order valence-corrected chi connectivity index (χ3v) is 3.52. The van der Waals surface area contributed by atoms with E-state index in [0.717, 1.165) is 6.54 Å². The minimum atomic E-state index is 0.0469. The van der Waals surface area contributed by atoms with Crippen LogP contribution in [0.4, 0.5) is 0 Å². The maximum Gasteiger partial charge on any atom is 0.221 e. The zero-order valence-corrected chi connectivity index (χ0v) is 7.78. The van der Waals surface area contributed by atoms with Gasteiger partial charge in [-0.3, -0.25) is 4.79 Å². The number of thiophene rings is 1. The Labute approximate surface area is 75.6 Å². The number of carbonyl (C=O) groups excluding carboxylic acids is 1. The molecule has 0 aromatic carbocycles. The van der Waals surface area contributed by atoms with E-state index >= 15 is 0 Å². The van der Waals surface area contributed by atoms with Crippen LogP contribution in [0, 0.1) is 0 Å². The van der Waals surface area contributed by atoms with Crippen molar-refractivity contribution in [3.63, 3.8) is 0 Å². The quantitative estimate of drug-likeness (QED) is 0.699. The molecule has 2 heterocycles. The molecule has 1 aromatic rings. The van der Waals surface area contributed by atoms with Gasteiger partial charge in [0, 0.05) is 23.3 Å². The minimum absolute atomic E-state index is 0.0469. The smallest absolute Gasteiger partial charge is 0.221 e. The van der Waals surface area contributed by atoms with E-state index in [-0.39, 0.29) is 11.3 Å². The Balaban J connectivity index is 2.28. The molecule has 0 radical (unpaired) electrons. The summed E-state index contributed by atoms with van der Waals surface area (Å²) in [6, 6.07) is 4.14. The summed E-state index contributed by atoms with van der Waals surface area (Å²) in [5.41, 5.74) is 0.0469. The maximum absolute atomic E-state index is 11.0. The lowest BCUT2D eigenvalue weighted by atomic mass is 9.88. The summed E-state index contributed by atoms with van der Waals surface area (Å²) < 4.78 is 0. The molecule has 3 heteroatoms. The van der Waals surface area contributed by atoms with Crippen molar-refractivity contribution in [2.75, 3.05) is 6.54 Å². The minimum Gasteiger partial charge on any atom is -0.355 e. The van der Waals surface area contributed by atoms with Crippen molar-refractivity contribution >= 4 is 17.2 Å².